The number of hydrogen-bond acceptors (Lipinski definition) is 5. The number of nitrogens with zero attached hydrogens (tertiary/aromatic N) is 5. The number of rotatable bonds is 4. The van der Waals surface area contributed by atoms with Gasteiger partial charge in [0, 0.05) is 6.20 Å². The summed E-state index contributed by atoms with van der Waals surface area (Å²) in [6.45, 7) is 4.01. The van der Waals surface area contributed by atoms with Crippen molar-refractivity contribution in [3.63, 3.8) is 0 Å². The number of imidazole rings is 1. The van der Waals surface area contributed by atoms with Gasteiger partial charge >= 0.3 is 0 Å². The second kappa shape index (κ2) is 5.84. The largest absolute Gasteiger partial charge is 0.294 e. The number of aromatic amines is 1. The monoisotopic (exact) mass is 363 g/mol. The van der Waals surface area contributed by atoms with E-state index in [1.165, 1.54) is 0 Å². The molecule has 3 aromatic heterocycles. The average Bonchev–Trinajstić information content (AvgIpc) is 3.06. The van der Waals surface area contributed by atoms with E-state index in [-0.39, 0.29) is 11.9 Å². The number of pyridine rings is 1. The minimum Gasteiger partial charge on any atom is -0.294 e. The Hall–Kier alpha value is -2.29. The minimum absolute atomic E-state index is 0.133. The lowest BCUT2D eigenvalue weighted by atomic mass is 10.2. The number of anilines is 1. The third kappa shape index (κ3) is 2.59. The van der Waals surface area contributed by atoms with Gasteiger partial charge in [0.25, 0.3) is 11.9 Å². The van der Waals surface area contributed by atoms with Crippen LogP contribution in [0, 0.1) is 6.92 Å². The Balaban J connectivity index is 2.12. The van der Waals surface area contributed by atoms with Crippen molar-refractivity contribution in [2.45, 2.75) is 26.7 Å². The van der Waals surface area contributed by atoms with Crippen LogP contribution in [-0.2, 0) is 6.42 Å². The summed E-state index contributed by atoms with van der Waals surface area (Å²) >= 11 is 3.50. The van der Waals surface area contributed by atoms with Crippen molar-refractivity contribution in [2.75, 3.05) is 5.32 Å². The predicted molar refractivity (Wildman–Crippen MR) is 83.8 cm³/mol. The molecule has 3 aromatic rings. The molecule has 0 saturated heterocycles. The third-order valence-electron chi connectivity index (χ3n) is 3.16. The molecule has 0 saturated carbocycles. The quantitative estimate of drug-likeness (QED) is 0.739. The molecule has 0 aliphatic carbocycles. The van der Waals surface area contributed by atoms with Gasteiger partial charge in [0.15, 0.2) is 5.65 Å². The number of carbonyl (C=O) groups is 1. The first-order valence-electron chi connectivity index (χ1n) is 6.82. The van der Waals surface area contributed by atoms with Gasteiger partial charge in [0.2, 0.25) is 0 Å². The van der Waals surface area contributed by atoms with Gasteiger partial charge in [-0.25, -0.2) is 4.98 Å². The molecular weight excluding hydrogens is 350 g/mol. The summed E-state index contributed by atoms with van der Waals surface area (Å²) in [4.78, 5) is 17.2. The SMILES string of the molecule is CCCc1nc2c(Br)cc(C)cn2c1C(=O)Nc1nn[nH]n1. The van der Waals surface area contributed by atoms with Crippen LogP contribution in [0.15, 0.2) is 16.7 Å². The Kier molecular flexibility index (Phi) is 3.88. The number of tetrazole rings is 1. The maximum atomic E-state index is 12.6. The number of carbonyl (C=O) groups excluding carboxylic acids is 1. The summed E-state index contributed by atoms with van der Waals surface area (Å²) in [5.41, 5.74) is 2.97. The zero-order valence-corrected chi connectivity index (χ0v) is 13.7. The van der Waals surface area contributed by atoms with Crippen LogP contribution in [-0.4, -0.2) is 35.9 Å². The van der Waals surface area contributed by atoms with Gasteiger partial charge in [-0.3, -0.25) is 14.5 Å². The molecule has 0 aliphatic rings. The minimum atomic E-state index is -0.310. The molecule has 2 N–H and O–H groups in total. The van der Waals surface area contributed by atoms with E-state index in [9.17, 15) is 4.79 Å². The zero-order valence-electron chi connectivity index (χ0n) is 12.1. The van der Waals surface area contributed by atoms with Crippen LogP contribution in [0.4, 0.5) is 5.95 Å². The number of amides is 1. The van der Waals surface area contributed by atoms with Gasteiger partial charge in [0.05, 0.1) is 10.2 Å². The number of fused-ring (bicyclic) bond motifs is 1. The second-order valence-electron chi connectivity index (χ2n) is 4.91. The van der Waals surface area contributed by atoms with Crippen molar-refractivity contribution in [2.24, 2.45) is 0 Å². The molecule has 3 heterocycles. The fraction of sp³-hybridized carbons (Fsp3) is 0.308. The van der Waals surface area contributed by atoms with Crippen molar-refractivity contribution in [1.82, 2.24) is 30.0 Å². The normalized spacial score (nSPS) is 11.0. The van der Waals surface area contributed by atoms with Crippen molar-refractivity contribution >= 4 is 33.4 Å². The van der Waals surface area contributed by atoms with E-state index >= 15 is 0 Å². The van der Waals surface area contributed by atoms with Crippen LogP contribution < -0.4 is 5.32 Å². The molecule has 0 bridgehead atoms. The lowest BCUT2D eigenvalue weighted by molar-refractivity contribution is 0.101. The van der Waals surface area contributed by atoms with E-state index < -0.39 is 0 Å². The fourth-order valence-corrected chi connectivity index (χ4v) is 2.95. The second-order valence-corrected chi connectivity index (χ2v) is 5.76. The molecule has 8 nitrogen and oxygen atoms in total. The maximum absolute atomic E-state index is 12.6. The smallest absolute Gasteiger partial charge is 0.277 e. The number of aromatic nitrogens is 6. The van der Waals surface area contributed by atoms with E-state index in [1.807, 2.05) is 26.1 Å². The van der Waals surface area contributed by atoms with E-state index in [4.69, 9.17) is 0 Å². The van der Waals surface area contributed by atoms with Crippen LogP contribution in [0.5, 0.6) is 0 Å². The third-order valence-corrected chi connectivity index (χ3v) is 3.74. The van der Waals surface area contributed by atoms with Crippen molar-refractivity contribution in [3.8, 4) is 0 Å². The molecule has 1 amide bonds. The number of H-pyrrole nitrogens is 1. The average molecular weight is 364 g/mol. The van der Waals surface area contributed by atoms with E-state index in [0.29, 0.717) is 17.8 Å². The molecule has 0 aromatic carbocycles. The van der Waals surface area contributed by atoms with E-state index in [0.717, 1.165) is 22.2 Å². The van der Waals surface area contributed by atoms with E-state index in [1.54, 1.807) is 4.40 Å². The number of aryl methyl sites for hydroxylation is 2. The number of halogens is 1. The van der Waals surface area contributed by atoms with Crippen LogP contribution in [0.3, 0.4) is 0 Å². The van der Waals surface area contributed by atoms with Gasteiger partial charge in [-0.1, -0.05) is 18.4 Å². The van der Waals surface area contributed by atoms with E-state index in [2.05, 4.69) is 46.9 Å². The van der Waals surface area contributed by atoms with Gasteiger partial charge in [-0.05, 0) is 46.1 Å². The van der Waals surface area contributed by atoms with Gasteiger partial charge in [0.1, 0.15) is 5.69 Å². The Labute approximate surface area is 134 Å². The van der Waals surface area contributed by atoms with Gasteiger partial charge in [-0.2, -0.15) is 5.21 Å². The fourth-order valence-electron chi connectivity index (χ4n) is 2.31. The van der Waals surface area contributed by atoms with Crippen LogP contribution >= 0.6 is 15.9 Å². The number of hydrogen-bond donors (Lipinski definition) is 2. The summed E-state index contributed by atoms with van der Waals surface area (Å²) in [7, 11) is 0. The van der Waals surface area contributed by atoms with Crippen LogP contribution in [0.25, 0.3) is 5.65 Å². The highest BCUT2D eigenvalue weighted by Crippen LogP contribution is 2.23. The molecule has 3 rings (SSSR count). The first-order valence-corrected chi connectivity index (χ1v) is 7.61. The predicted octanol–water partition coefficient (Wildman–Crippen LogP) is 2.12. The van der Waals surface area contributed by atoms with Crippen molar-refractivity contribution < 1.29 is 4.79 Å². The molecule has 114 valence electrons. The first kappa shape index (κ1) is 14.6. The topological polar surface area (TPSA) is 101 Å². The standard InChI is InChI=1S/C13H14BrN7O/c1-3-4-9-10(12(22)16-13-17-19-20-18-13)21-6-7(2)5-8(14)11(21)15-9/h5-6H,3-4H2,1-2H3,(H2,16,17,18,19,20,22). The van der Waals surface area contributed by atoms with Gasteiger partial charge < -0.3 is 0 Å². The lowest BCUT2D eigenvalue weighted by Crippen LogP contribution is -2.17. The molecule has 22 heavy (non-hydrogen) atoms. The molecule has 0 spiro atoms. The molecule has 0 atom stereocenters. The Morgan fingerprint density at radius 3 is 3.00 bits per heavy atom. The Bertz CT molecular complexity index is 825. The highest BCUT2D eigenvalue weighted by atomic mass is 79.9. The summed E-state index contributed by atoms with van der Waals surface area (Å²) in [5.74, 6) is -0.177. The highest BCUT2D eigenvalue weighted by molar-refractivity contribution is 9.10. The Morgan fingerprint density at radius 1 is 1.50 bits per heavy atom. The highest BCUT2D eigenvalue weighted by Gasteiger charge is 2.21. The maximum Gasteiger partial charge on any atom is 0.277 e. The summed E-state index contributed by atoms with van der Waals surface area (Å²) in [6, 6.07) is 1.97. The van der Waals surface area contributed by atoms with Crippen molar-refractivity contribution in [3.05, 3.63) is 33.7 Å². The van der Waals surface area contributed by atoms with Crippen LogP contribution in [0.2, 0.25) is 0 Å². The summed E-state index contributed by atoms with van der Waals surface area (Å²) < 4.78 is 2.64. The molecule has 0 aliphatic heterocycles. The molecule has 0 unspecified atom stereocenters. The lowest BCUT2D eigenvalue weighted by Gasteiger charge is -2.05. The molecular formula is C13H14BrN7O. The number of nitrogens with one attached hydrogen (secondary N) is 2. The molecule has 0 fully saturated rings. The molecule has 0 radical (unpaired) electrons. The van der Waals surface area contributed by atoms with Crippen LogP contribution in [0.1, 0.15) is 35.1 Å². The first-order chi connectivity index (χ1) is 10.6. The zero-order chi connectivity index (χ0) is 15.7. The summed E-state index contributed by atoms with van der Waals surface area (Å²) in [6.07, 6.45) is 3.49. The summed E-state index contributed by atoms with van der Waals surface area (Å²) in [5, 5.41) is 15.8. The van der Waals surface area contributed by atoms with Crippen molar-refractivity contribution in [1.29, 1.82) is 0 Å². The van der Waals surface area contributed by atoms with Gasteiger partial charge in [-0.15, -0.1) is 5.10 Å². The molecule has 9 heteroatoms. The Morgan fingerprint density at radius 2 is 2.32 bits per heavy atom.